The Balaban J connectivity index is 0.000000470. The molecule has 60 heavy (non-hydrogen) atoms. The second-order valence-electron chi connectivity index (χ2n) is 18.1. The fraction of sp³-hybridized carbons (Fsp3) is 0.667. The maximum absolute atomic E-state index is 11.5. The zero-order valence-corrected chi connectivity index (χ0v) is 40.8. The van der Waals surface area contributed by atoms with Crippen molar-refractivity contribution in [2.24, 2.45) is 0 Å². The molecule has 0 radical (unpaired) electrons. The lowest BCUT2D eigenvalue weighted by molar-refractivity contribution is -0.929. The summed E-state index contributed by atoms with van der Waals surface area (Å²) in [6.45, 7) is 33.7. The minimum absolute atomic E-state index is 0.816. The molecule has 0 saturated heterocycles. The van der Waals surface area contributed by atoms with Gasteiger partial charge >= 0.3 is 0 Å². The Morgan fingerprint density at radius 2 is 0.583 bits per heavy atom. The van der Waals surface area contributed by atoms with Crippen molar-refractivity contribution in [2.75, 3.05) is 52.4 Å². The van der Waals surface area contributed by atoms with Crippen molar-refractivity contribution in [3.8, 4) is 0 Å². The molecule has 0 aliphatic rings. The van der Waals surface area contributed by atoms with Crippen LogP contribution in [0, 0.1) is 0 Å². The Hall–Kier alpha value is -2.48. The van der Waals surface area contributed by atoms with Crippen LogP contribution in [0.1, 0.15) is 189 Å². The summed E-state index contributed by atoms with van der Waals surface area (Å²) in [5.41, 5.74) is 0.990. The van der Waals surface area contributed by atoms with Gasteiger partial charge < -0.3 is 23.7 Å². The highest BCUT2D eigenvalue weighted by atomic mass is 16.6. The molecular formula is C54H93BN2O3. The predicted octanol–water partition coefficient (Wildman–Crippen LogP) is 12.5. The summed E-state index contributed by atoms with van der Waals surface area (Å²) in [5, 5.41) is 23.0. The van der Waals surface area contributed by atoms with Gasteiger partial charge in [0, 0.05) is 0 Å². The Morgan fingerprint density at radius 3 is 0.750 bits per heavy atom. The standard InChI is InChI=1S/C22H21BO3.2C16H36N/c1-21(2,26-23(24)25)22(18-12-6-3-7-13-18,19-14-8-4-9-15-19)20-16-10-5-11-17-20;2*1-5-9-13-17(14-10-6-2,15-11-7-3)16-12-8-4/h3-17H,1-2H3;2*5-16H2,1-4H3/q-2;2*+1. The highest BCUT2D eigenvalue weighted by Crippen LogP contribution is 2.48. The molecule has 3 rings (SSSR count). The van der Waals surface area contributed by atoms with Crippen molar-refractivity contribution >= 4 is 7.32 Å². The van der Waals surface area contributed by atoms with E-state index in [2.05, 4.69) is 55.4 Å². The summed E-state index contributed by atoms with van der Waals surface area (Å²) in [6.07, 6.45) is 22.1. The van der Waals surface area contributed by atoms with Gasteiger partial charge in [-0.2, -0.15) is 0 Å². The summed E-state index contributed by atoms with van der Waals surface area (Å²) in [4.78, 5) is 0. The van der Waals surface area contributed by atoms with E-state index in [-0.39, 0.29) is 0 Å². The van der Waals surface area contributed by atoms with Crippen LogP contribution in [-0.4, -0.2) is 74.2 Å². The SMILES string of the molecule is CC(C)(OB([O-])[O-])C(c1ccccc1)(c1ccccc1)c1ccccc1.CCCC[N+](CCCC)(CCCC)CCCC.CCCC[N+](CCCC)(CCCC)CCCC. The quantitative estimate of drug-likeness (QED) is 0.0382. The third-order valence-electron chi connectivity index (χ3n) is 12.8. The molecule has 0 bridgehead atoms. The molecular weight excluding hydrogens is 735 g/mol. The molecule has 0 aliphatic carbocycles. The van der Waals surface area contributed by atoms with E-state index in [1.165, 1.54) is 164 Å². The van der Waals surface area contributed by atoms with Gasteiger partial charge in [-0.1, -0.05) is 198 Å². The van der Waals surface area contributed by atoms with E-state index in [1.54, 1.807) is 0 Å². The van der Waals surface area contributed by atoms with Crippen LogP contribution in [0.3, 0.4) is 0 Å². The Morgan fingerprint density at radius 1 is 0.383 bits per heavy atom. The van der Waals surface area contributed by atoms with E-state index in [9.17, 15) is 10.0 Å². The Labute approximate surface area is 372 Å². The molecule has 3 aromatic rings. The van der Waals surface area contributed by atoms with Gasteiger partial charge in [-0.3, -0.25) is 0 Å². The van der Waals surface area contributed by atoms with Crippen LogP contribution in [0.2, 0.25) is 0 Å². The Bertz CT molecular complexity index is 1190. The molecule has 340 valence electrons. The molecule has 0 fully saturated rings. The molecule has 0 unspecified atom stereocenters. The van der Waals surface area contributed by atoms with Crippen LogP contribution in [0.25, 0.3) is 0 Å². The first kappa shape index (κ1) is 55.5. The molecule has 6 heteroatoms. The van der Waals surface area contributed by atoms with Crippen LogP contribution in [0.15, 0.2) is 91.0 Å². The second kappa shape index (κ2) is 32.2. The highest BCUT2D eigenvalue weighted by molar-refractivity contribution is 6.28. The second-order valence-corrected chi connectivity index (χ2v) is 18.1. The number of hydrogen-bond acceptors (Lipinski definition) is 3. The van der Waals surface area contributed by atoms with Crippen molar-refractivity contribution in [3.05, 3.63) is 108 Å². The van der Waals surface area contributed by atoms with Crippen molar-refractivity contribution < 1.29 is 23.7 Å². The van der Waals surface area contributed by atoms with Gasteiger partial charge in [0.25, 0.3) is 0 Å². The van der Waals surface area contributed by atoms with Crippen molar-refractivity contribution in [1.29, 1.82) is 0 Å². The van der Waals surface area contributed by atoms with Gasteiger partial charge in [0.15, 0.2) is 0 Å². The fourth-order valence-corrected chi connectivity index (χ4v) is 9.23. The molecule has 0 N–H and O–H groups in total. The largest absolute Gasteiger partial charge is 0.871 e. The third-order valence-corrected chi connectivity index (χ3v) is 12.8. The van der Waals surface area contributed by atoms with Crippen LogP contribution >= 0.6 is 0 Å². The van der Waals surface area contributed by atoms with Gasteiger partial charge in [-0.15, -0.1) is 0 Å². The van der Waals surface area contributed by atoms with Gasteiger partial charge in [-0.05, 0) is 81.9 Å². The minimum atomic E-state index is -2.37. The molecule has 0 aliphatic heterocycles. The normalized spacial score (nSPS) is 12.0. The monoisotopic (exact) mass is 829 g/mol. The highest BCUT2D eigenvalue weighted by Gasteiger charge is 2.49. The van der Waals surface area contributed by atoms with Gasteiger partial charge in [0.1, 0.15) is 0 Å². The lowest BCUT2D eigenvalue weighted by Gasteiger charge is -2.52. The molecule has 0 atom stereocenters. The molecule has 0 heterocycles. The molecule has 0 aromatic heterocycles. The summed E-state index contributed by atoms with van der Waals surface area (Å²) < 4.78 is 8.30. The van der Waals surface area contributed by atoms with Gasteiger partial charge in [-0.25, -0.2) is 0 Å². The maximum atomic E-state index is 11.5. The minimum Gasteiger partial charge on any atom is -0.871 e. The molecule has 5 nitrogen and oxygen atoms in total. The molecule has 0 saturated carbocycles. The maximum Gasteiger partial charge on any atom is 0.0786 e. The number of hydrogen-bond donors (Lipinski definition) is 0. The smallest absolute Gasteiger partial charge is 0.0786 e. The summed E-state index contributed by atoms with van der Waals surface area (Å²) in [5.74, 6) is 0. The predicted molar refractivity (Wildman–Crippen MR) is 259 cm³/mol. The van der Waals surface area contributed by atoms with Crippen LogP contribution in [0.4, 0.5) is 0 Å². The van der Waals surface area contributed by atoms with E-state index in [1.807, 2.05) is 105 Å². The lowest BCUT2D eigenvalue weighted by atomic mass is 9.60. The van der Waals surface area contributed by atoms with Crippen molar-refractivity contribution in [3.63, 3.8) is 0 Å². The first-order chi connectivity index (χ1) is 29.0. The van der Waals surface area contributed by atoms with E-state index >= 15 is 0 Å². The average molecular weight is 829 g/mol. The first-order valence-corrected chi connectivity index (χ1v) is 24.8. The summed E-state index contributed by atoms with van der Waals surface area (Å²) >= 11 is 0. The van der Waals surface area contributed by atoms with Gasteiger partial charge in [0.05, 0.1) is 70.7 Å². The number of benzene rings is 3. The zero-order chi connectivity index (χ0) is 44.6. The van der Waals surface area contributed by atoms with Crippen molar-refractivity contribution in [1.82, 2.24) is 0 Å². The van der Waals surface area contributed by atoms with E-state index in [0.29, 0.717) is 0 Å². The number of unbranched alkanes of at least 4 members (excludes halogenated alkanes) is 8. The first-order valence-electron chi connectivity index (χ1n) is 24.8. The fourth-order valence-electron chi connectivity index (χ4n) is 9.23. The van der Waals surface area contributed by atoms with Crippen LogP contribution in [-0.2, 0) is 10.1 Å². The third kappa shape index (κ3) is 18.9. The zero-order valence-electron chi connectivity index (χ0n) is 40.8. The summed E-state index contributed by atoms with van der Waals surface area (Å²) in [6, 6.07) is 29.6. The van der Waals surface area contributed by atoms with E-state index in [4.69, 9.17) is 4.65 Å². The lowest BCUT2D eigenvalue weighted by Crippen LogP contribution is -2.60. The molecule has 0 spiro atoms. The van der Waals surface area contributed by atoms with E-state index in [0.717, 1.165) is 16.7 Å². The average Bonchev–Trinajstić information content (AvgIpc) is 3.26. The van der Waals surface area contributed by atoms with Crippen molar-refractivity contribution in [2.45, 2.75) is 183 Å². The number of quaternary nitrogens is 2. The molecule has 0 amide bonds. The van der Waals surface area contributed by atoms with Crippen LogP contribution in [0.5, 0.6) is 0 Å². The number of rotatable bonds is 30. The van der Waals surface area contributed by atoms with Crippen LogP contribution < -0.4 is 10.0 Å². The topological polar surface area (TPSA) is 55.3 Å². The number of nitrogens with zero attached hydrogens (tertiary/aromatic N) is 2. The summed E-state index contributed by atoms with van der Waals surface area (Å²) in [7, 11) is -2.37. The molecule has 3 aromatic carbocycles. The van der Waals surface area contributed by atoms with Gasteiger partial charge in [0.2, 0.25) is 0 Å². The van der Waals surface area contributed by atoms with E-state index < -0.39 is 18.3 Å². The Kier molecular flexibility index (Phi) is 29.8.